The Kier molecular flexibility index (Phi) is 7.92. The number of rotatable bonds is 7. The molecule has 0 spiro atoms. The summed E-state index contributed by atoms with van der Waals surface area (Å²) in [4.78, 5) is 15.3. The van der Waals surface area contributed by atoms with Gasteiger partial charge in [0.2, 0.25) is 0 Å². The summed E-state index contributed by atoms with van der Waals surface area (Å²) in [6.07, 6.45) is 0. The molecule has 3 nitrogen and oxygen atoms in total. The lowest BCUT2D eigenvalue weighted by Gasteiger charge is -2.18. The van der Waals surface area contributed by atoms with Crippen LogP contribution in [-0.4, -0.2) is 15.0 Å². The fraction of sp³-hybridized carbons (Fsp3) is 0. The van der Waals surface area contributed by atoms with Crippen LogP contribution in [0.4, 0.5) is 0 Å². The van der Waals surface area contributed by atoms with E-state index in [1.165, 1.54) is 22.3 Å². The van der Waals surface area contributed by atoms with Gasteiger partial charge in [0.1, 0.15) is 0 Å². The van der Waals surface area contributed by atoms with Crippen LogP contribution in [-0.2, 0) is 0 Å². The molecular weight excluding hydrogens is 583 g/mol. The van der Waals surface area contributed by atoms with Crippen LogP contribution in [0.2, 0.25) is 0 Å². The summed E-state index contributed by atoms with van der Waals surface area (Å²) in [7, 11) is 0. The average Bonchev–Trinajstić information content (AvgIpc) is 3.19. The summed E-state index contributed by atoms with van der Waals surface area (Å²) in [5.74, 6) is 1.90. The molecule has 0 aliphatic carbocycles. The van der Waals surface area contributed by atoms with Gasteiger partial charge in [-0.05, 0) is 44.5 Å². The summed E-state index contributed by atoms with van der Waals surface area (Å²) in [5.41, 5.74) is 12.0. The molecule has 0 bridgehead atoms. The third-order valence-corrected chi connectivity index (χ3v) is 8.59. The van der Waals surface area contributed by atoms with E-state index >= 15 is 0 Å². The maximum atomic E-state index is 5.15. The zero-order valence-corrected chi connectivity index (χ0v) is 26.2. The third-order valence-electron chi connectivity index (χ3n) is 8.59. The van der Waals surface area contributed by atoms with Gasteiger partial charge in [-0.15, -0.1) is 0 Å². The highest BCUT2D eigenvalue weighted by atomic mass is 15.0. The van der Waals surface area contributed by atoms with Crippen molar-refractivity contribution in [1.82, 2.24) is 15.0 Å². The number of hydrogen-bond acceptors (Lipinski definition) is 3. The van der Waals surface area contributed by atoms with Crippen molar-refractivity contribution in [2.45, 2.75) is 0 Å². The normalized spacial score (nSPS) is 10.9. The fourth-order valence-electron chi connectivity index (χ4n) is 6.25. The minimum absolute atomic E-state index is 0.630. The Morgan fingerprint density at radius 1 is 0.208 bits per heavy atom. The standard InChI is InChI=1S/C45H31N3/c1-5-16-32(17-6-1)33-28-30-37(31-29-33)44-46-43(36-22-11-4-12-23-36)47-45(48-44)41-25-14-13-24-39(41)40-27-15-26-38(34-18-7-2-8-19-34)42(40)35-20-9-3-10-21-35/h1-31H. The molecule has 7 aromatic carbocycles. The Morgan fingerprint density at radius 3 is 1.19 bits per heavy atom. The number of hydrogen-bond donors (Lipinski definition) is 0. The Bertz CT molecular complexity index is 2300. The second-order valence-electron chi connectivity index (χ2n) is 11.6. The van der Waals surface area contributed by atoms with Crippen molar-refractivity contribution in [3.8, 4) is 78.7 Å². The summed E-state index contributed by atoms with van der Waals surface area (Å²) >= 11 is 0. The van der Waals surface area contributed by atoms with Gasteiger partial charge < -0.3 is 0 Å². The van der Waals surface area contributed by atoms with Crippen molar-refractivity contribution in [1.29, 1.82) is 0 Å². The van der Waals surface area contributed by atoms with Crippen LogP contribution in [0, 0.1) is 0 Å². The SMILES string of the molecule is c1ccc(-c2ccc(-c3nc(-c4ccccc4)nc(-c4ccccc4-c4cccc(-c5ccccc5)c4-c4ccccc4)n3)cc2)cc1. The lowest BCUT2D eigenvalue weighted by Crippen LogP contribution is -2.01. The number of nitrogens with zero attached hydrogens (tertiary/aromatic N) is 3. The smallest absolute Gasteiger partial charge is 0.164 e. The molecular formula is C45H31N3. The van der Waals surface area contributed by atoms with E-state index in [4.69, 9.17) is 15.0 Å². The van der Waals surface area contributed by atoms with Crippen LogP contribution in [0.5, 0.6) is 0 Å². The Balaban J connectivity index is 1.32. The van der Waals surface area contributed by atoms with Gasteiger partial charge in [-0.2, -0.15) is 0 Å². The van der Waals surface area contributed by atoms with Gasteiger partial charge in [0.25, 0.3) is 0 Å². The van der Waals surface area contributed by atoms with Gasteiger partial charge >= 0.3 is 0 Å². The zero-order valence-electron chi connectivity index (χ0n) is 26.2. The summed E-state index contributed by atoms with van der Waals surface area (Å²) in [6, 6.07) is 65.2. The Morgan fingerprint density at radius 2 is 0.583 bits per heavy atom. The monoisotopic (exact) mass is 613 g/mol. The van der Waals surface area contributed by atoms with E-state index in [1.54, 1.807) is 0 Å². The van der Waals surface area contributed by atoms with Gasteiger partial charge in [-0.3, -0.25) is 0 Å². The zero-order chi connectivity index (χ0) is 32.1. The number of benzene rings is 7. The molecule has 0 aliphatic heterocycles. The molecule has 3 heteroatoms. The second-order valence-corrected chi connectivity index (χ2v) is 11.6. The molecule has 1 heterocycles. The van der Waals surface area contributed by atoms with Crippen LogP contribution in [0.1, 0.15) is 0 Å². The van der Waals surface area contributed by atoms with Gasteiger partial charge in [0.05, 0.1) is 0 Å². The first-order valence-corrected chi connectivity index (χ1v) is 16.1. The van der Waals surface area contributed by atoms with Gasteiger partial charge in [0.15, 0.2) is 17.5 Å². The molecule has 1 aromatic heterocycles. The molecule has 48 heavy (non-hydrogen) atoms. The predicted octanol–water partition coefficient (Wildman–Crippen LogP) is 11.5. The summed E-state index contributed by atoms with van der Waals surface area (Å²) in [6.45, 7) is 0. The number of aromatic nitrogens is 3. The van der Waals surface area contributed by atoms with E-state index < -0.39 is 0 Å². The molecule has 0 N–H and O–H groups in total. The van der Waals surface area contributed by atoms with Crippen molar-refractivity contribution >= 4 is 0 Å². The van der Waals surface area contributed by atoms with Crippen molar-refractivity contribution in [2.24, 2.45) is 0 Å². The molecule has 0 radical (unpaired) electrons. The molecule has 0 unspecified atom stereocenters. The predicted molar refractivity (Wildman–Crippen MR) is 198 cm³/mol. The van der Waals surface area contributed by atoms with E-state index in [9.17, 15) is 0 Å². The average molecular weight is 614 g/mol. The first kappa shape index (κ1) is 29.0. The Labute approximate surface area is 280 Å². The van der Waals surface area contributed by atoms with E-state index in [0.717, 1.165) is 38.9 Å². The molecule has 0 fully saturated rings. The van der Waals surface area contributed by atoms with E-state index in [2.05, 4.69) is 152 Å². The van der Waals surface area contributed by atoms with Crippen LogP contribution in [0.15, 0.2) is 188 Å². The lowest BCUT2D eigenvalue weighted by atomic mass is 9.86. The van der Waals surface area contributed by atoms with Crippen molar-refractivity contribution in [2.75, 3.05) is 0 Å². The second kappa shape index (κ2) is 13.1. The van der Waals surface area contributed by atoms with Crippen molar-refractivity contribution in [3.05, 3.63) is 188 Å². The van der Waals surface area contributed by atoms with Crippen LogP contribution >= 0.6 is 0 Å². The third kappa shape index (κ3) is 5.81. The molecule has 8 rings (SSSR count). The molecule has 0 atom stereocenters. The van der Waals surface area contributed by atoms with E-state index in [0.29, 0.717) is 17.5 Å². The summed E-state index contributed by atoms with van der Waals surface area (Å²) < 4.78 is 0. The Hall–Kier alpha value is -6.45. The highest BCUT2D eigenvalue weighted by Gasteiger charge is 2.19. The first-order valence-electron chi connectivity index (χ1n) is 16.1. The van der Waals surface area contributed by atoms with Crippen LogP contribution in [0.3, 0.4) is 0 Å². The first-order chi connectivity index (χ1) is 23.8. The largest absolute Gasteiger partial charge is 0.208 e. The van der Waals surface area contributed by atoms with E-state index in [1.807, 2.05) is 36.4 Å². The van der Waals surface area contributed by atoms with Crippen molar-refractivity contribution in [3.63, 3.8) is 0 Å². The van der Waals surface area contributed by atoms with Crippen LogP contribution in [0.25, 0.3) is 78.7 Å². The molecule has 0 saturated heterocycles. The minimum atomic E-state index is 0.630. The molecule has 0 amide bonds. The van der Waals surface area contributed by atoms with Crippen molar-refractivity contribution < 1.29 is 0 Å². The topological polar surface area (TPSA) is 38.7 Å². The summed E-state index contributed by atoms with van der Waals surface area (Å²) in [5, 5.41) is 0. The molecule has 226 valence electrons. The maximum absolute atomic E-state index is 5.15. The quantitative estimate of drug-likeness (QED) is 0.179. The van der Waals surface area contributed by atoms with Gasteiger partial charge in [-0.25, -0.2) is 15.0 Å². The molecule has 0 saturated carbocycles. The maximum Gasteiger partial charge on any atom is 0.164 e. The fourth-order valence-corrected chi connectivity index (χ4v) is 6.25. The highest BCUT2D eigenvalue weighted by Crippen LogP contribution is 2.43. The molecule has 0 aliphatic rings. The van der Waals surface area contributed by atoms with Crippen LogP contribution < -0.4 is 0 Å². The minimum Gasteiger partial charge on any atom is -0.208 e. The van der Waals surface area contributed by atoms with E-state index in [-0.39, 0.29) is 0 Å². The van der Waals surface area contributed by atoms with Gasteiger partial charge in [0, 0.05) is 16.7 Å². The highest BCUT2D eigenvalue weighted by molar-refractivity contribution is 5.97. The molecule has 8 aromatic rings. The van der Waals surface area contributed by atoms with Gasteiger partial charge in [-0.1, -0.05) is 188 Å². The lowest BCUT2D eigenvalue weighted by molar-refractivity contribution is 1.07.